The minimum Gasteiger partial charge on any atom is -0.497 e. The highest BCUT2D eigenvalue weighted by atomic mass is 32.2. The van der Waals surface area contributed by atoms with Crippen LogP contribution in [0.5, 0.6) is 11.5 Å². The SMILES string of the molecule is COc1ccc(-c2nn([C@H](C)C(=O)N3CCSCC3)c(=O)cc2OC)cc1. The number of hydrogen-bond acceptors (Lipinski definition) is 6. The normalized spacial score (nSPS) is 15.3. The van der Waals surface area contributed by atoms with Crippen LogP contribution in [-0.4, -0.2) is 59.4 Å². The Morgan fingerprint density at radius 2 is 1.81 bits per heavy atom. The van der Waals surface area contributed by atoms with Gasteiger partial charge < -0.3 is 14.4 Å². The molecule has 1 amide bonds. The fourth-order valence-electron chi connectivity index (χ4n) is 2.99. The lowest BCUT2D eigenvalue weighted by Gasteiger charge is -2.29. The summed E-state index contributed by atoms with van der Waals surface area (Å²) in [4.78, 5) is 27.1. The number of amides is 1. The minimum absolute atomic E-state index is 0.0873. The number of methoxy groups -OCH3 is 2. The van der Waals surface area contributed by atoms with Gasteiger partial charge >= 0.3 is 0 Å². The van der Waals surface area contributed by atoms with E-state index in [1.807, 2.05) is 36.0 Å². The average molecular weight is 389 g/mol. The minimum atomic E-state index is -0.677. The van der Waals surface area contributed by atoms with Gasteiger partial charge in [0.05, 0.1) is 14.2 Å². The number of aromatic nitrogens is 2. The zero-order valence-corrected chi connectivity index (χ0v) is 16.5. The molecule has 7 nitrogen and oxygen atoms in total. The highest BCUT2D eigenvalue weighted by Crippen LogP contribution is 2.28. The fraction of sp³-hybridized carbons (Fsp3) is 0.421. The van der Waals surface area contributed by atoms with Crippen molar-refractivity contribution < 1.29 is 14.3 Å². The van der Waals surface area contributed by atoms with Crippen LogP contribution in [0.25, 0.3) is 11.3 Å². The van der Waals surface area contributed by atoms with Crippen molar-refractivity contribution in [3.05, 3.63) is 40.7 Å². The maximum Gasteiger partial charge on any atom is 0.271 e. The quantitative estimate of drug-likeness (QED) is 0.779. The van der Waals surface area contributed by atoms with E-state index in [9.17, 15) is 9.59 Å². The summed E-state index contributed by atoms with van der Waals surface area (Å²) in [5.74, 6) is 2.84. The van der Waals surface area contributed by atoms with Gasteiger partial charge in [0, 0.05) is 36.2 Å². The molecule has 3 rings (SSSR count). The van der Waals surface area contributed by atoms with Crippen molar-refractivity contribution in [2.45, 2.75) is 13.0 Å². The van der Waals surface area contributed by atoms with Gasteiger partial charge in [-0.2, -0.15) is 16.9 Å². The Morgan fingerprint density at radius 1 is 1.15 bits per heavy atom. The van der Waals surface area contributed by atoms with Crippen LogP contribution < -0.4 is 15.0 Å². The van der Waals surface area contributed by atoms with E-state index in [-0.39, 0.29) is 11.5 Å². The first kappa shape index (κ1) is 19.3. The van der Waals surface area contributed by atoms with Crippen LogP contribution in [-0.2, 0) is 4.79 Å². The summed E-state index contributed by atoms with van der Waals surface area (Å²) in [5, 5.41) is 4.47. The standard InChI is InChI=1S/C19H23N3O4S/c1-13(19(24)21-8-10-27-11-9-21)22-17(23)12-16(26-3)18(20-22)14-4-6-15(25-2)7-5-14/h4-7,12-13H,8-11H2,1-3H3/t13-/m1/s1. The van der Waals surface area contributed by atoms with Gasteiger partial charge in [0.2, 0.25) is 5.91 Å². The highest BCUT2D eigenvalue weighted by molar-refractivity contribution is 7.99. The van der Waals surface area contributed by atoms with E-state index in [2.05, 4.69) is 5.10 Å². The molecule has 2 heterocycles. The van der Waals surface area contributed by atoms with Crippen molar-refractivity contribution in [2.24, 2.45) is 0 Å². The summed E-state index contributed by atoms with van der Waals surface area (Å²) in [5.41, 5.74) is 0.917. The summed E-state index contributed by atoms with van der Waals surface area (Å²) in [6.45, 7) is 3.11. The second-order valence-corrected chi connectivity index (χ2v) is 7.41. The van der Waals surface area contributed by atoms with Crippen LogP contribution in [0.1, 0.15) is 13.0 Å². The van der Waals surface area contributed by atoms with Crippen molar-refractivity contribution in [1.82, 2.24) is 14.7 Å². The smallest absolute Gasteiger partial charge is 0.271 e. The molecule has 1 aliphatic rings. The summed E-state index contributed by atoms with van der Waals surface area (Å²) < 4.78 is 11.8. The number of rotatable bonds is 5. The Balaban J connectivity index is 1.97. The molecule has 1 atom stereocenters. The van der Waals surface area contributed by atoms with Crippen molar-refractivity contribution in [1.29, 1.82) is 0 Å². The molecule has 0 bridgehead atoms. The predicted molar refractivity (Wildman–Crippen MR) is 106 cm³/mol. The highest BCUT2D eigenvalue weighted by Gasteiger charge is 2.26. The first-order valence-electron chi connectivity index (χ1n) is 8.74. The molecule has 2 aromatic rings. The first-order valence-corrected chi connectivity index (χ1v) is 9.89. The topological polar surface area (TPSA) is 73.7 Å². The van der Waals surface area contributed by atoms with Gasteiger partial charge in [-0.15, -0.1) is 0 Å². The fourth-order valence-corrected chi connectivity index (χ4v) is 3.89. The maximum atomic E-state index is 12.8. The number of carbonyl (C=O) groups excluding carboxylic acids is 1. The third-order valence-corrected chi connectivity index (χ3v) is 5.49. The average Bonchev–Trinajstić information content (AvgIpc) is 2.73. The lowest BCUT2D eigenvalue weighted by molar-refractivity contribution is -0.134. The van der Waals surface area contributed by atoms with E-state index in [1.54, 1.807) is 18.9 Å². The number of thioether (sulfide) groups is 1. The van der Waals surface area contributed by atoms with Crippen LogP contribution >= 0.6 is 11.8 Å². The molecule has 0 N–H and O–H groups in total. The van der Waals surface area contributed by atoms with E-state index < -0.39 is 6.04 Å². The molecule has 8 heteroatoms. The zero-order valence-electron chi connectivity index (χ0n) is 15.7. The molecule has 1 saturated heterocycles. The zero-order chi connectivity index (χ0) is 19.4. The Morgan fingerprint density at radius 3 is 2.41 bits per heavy atom. The molecule has 0 saturated carbocycles. The molecule has 0 unspecified atom stereocenters. The maximum absolute atomic E-state index is 12.8. The summed E-state index contributed by atoms with van der Waals surface area (Å²) in [6.07, 6.45) is 0. The predicted octanol–water partition coefficient (Wildman–Crippen LogP) is 2.06. The monoisotopic (exact) mass is 389 g/mol. The van der Waals surface area contributed by atoms with E-state index >= 15 is 0 Å². The van der Waals surface area contributed by atoms with Gasteiger partial charge in [-0.1, -0.05) is 0 Å². The van der Waals surface area contributed by atoms with Crippen LogP contribution in [0.15, 0.2) is 35.1 Å². The van der Waals surface area contributed by atoms with E-state index in [1.165, 1.54) is 17.9 Å². The molecule has 1 aromatic carbocycles. The van der Waals surface area contributed by atoms with Gasteiger partial charge in [-0.05, 0) is 31.2 Å². The Hall–Kier alpha value is -2.48. The van der Waals surface area contributed by atoms with Crippen molar-refractivity contribution in [2.75, 3.05) is 38.8 Å². The van der Waals surface area contributed by atoms with Crippen molar-refractivity contribution in [3.63, 3.8) is 0 Å². The van der Waals surface area contributed by atoms with Crippen LogP contribution in [0.2, 0.25) is 0 Å². The summed E-state index contributed by atoms with van der Waals surface area (Å²) >= 11 is 1.83. The lowest BCUT2D eigenvalue weighted by atomic mass is 10.1. The van der Waals surface area contributed by atoms with Crippen molar-refractivity contribution >= 4 is 17.7 Å². The van der Waals surface area contributed by atoms with Crippen LogP contribution in [0, 0.1) is 0 Å². The van der Waals surface area contributed by atoms with E-state index in [0.29, 0.717) is 24.5 Å². The molecule has 1 aromatic heterocycles. The van der Waals surface area contributed by atoms with Crippen LogP contribution in [0.4, 0.5) is 0 Å². The second-order valence-electron chi connectivity index (χ2n) is 6.19. The molecule has 1 fully saturated rings. The van der Waals surface area contributed by atoms with Gasteiger partial charge in [0.1, 0.15) is 17.5 Å². The molecule has 0 radical (unpaired) electrons. The van der Waals surface area contributed by atoms with E-state index in [4.69, 9.17) is 9.47 Å². The molecule has 0 spiro atoms. The molecular formula is C19H23N3O4S. The Kier molecular flexibility index (Phi) is 6.05. The number of ether oxygens (including phenoxy) is 2. The summed E-state index contributed by atoms with van der Waals surface area (Å²) in [6, 6.07) is 8.00. The second kappa shape index (κ2) is 8.47. The third-order valence-electron chi connectivity index (χ3n) is 4.55. The number of nitrogens with zero attached hydrogens (tertiary/aromatic N) is 3. The van der Waals surface area contributed by atoms with Crippen LogP contribution in [0.3, 0.4) is 0 Å². The largest absolute Gasteiger partial charge is 0.497 e. The molecular weight excluding hydrogens is 366 g/mol. The first-order chi connectivity index (χ1) is 13.0. The van der Waals surface area contributed by atoms with Gasteiger partial charge in [-0.25, -0.2) is 4.68 Å². The Labute approximate surface area is 162 Å². The lowest BCUT2D eigenvalue weighted by Crippen LogP contribution is -2.43. The van der Waals surface area contributed by atoms with Gasteiger partial charge in [-0.3, -0.25) is 9.59 Å². The molecule has 144 valence electrons. The van der Waals surface area contributed by atoms with E-state index in [0.717, 1.165) is 22.8 Å². The molecule has 1 aliphatic heterocycles. The van der Waals surface area contributed by atoms with Gasteiger partial charge in [0.15, 0.2) is 5.75 Å². The molecule has 0 aliphatic carbocycles. The number of benzene rings is 1. The van der Waals surface area contributed by atoms with Crippen molar-refractivity contribution in [3.8, 4) is 22.8 Å². The van der Waals surface area contributed by atoms with Gasteiger partial charge in [0.25, 0.3) is 5.56 Å². The summed E-state index contributed by atoms with van der Waals surface area (Å²) in [7, 11) is 3.09. The number of carbonyl (C=O) groups is 1. The third kappa shape index (κ3) is 4.10. The number of hydrogen-bond donors (Lipinski definition) is 0. The molecule has 27 heavy (non-hydrogen) atoms. The Bertz CT molecular complexity index is 860.